The van der Waals surface area contributed by atoms with E-state index in [0.717, 1.165) is 43.6 Å². The molecular weight excluding hydrogens is 262 g/mol. The number of tetrazole rings is 1. The summed E-state index contributed by atoms with van der Waals surface area (Å²) in [5, 5.41) is 16.1. The molecule has 1 heterocycles. The third kappa shape index (κ3) is 7.49. The van der Waals surface area contributed by atoms with E-state index >= 15 is 0 Å². The first-order valence-corrected chi connectivity index (χ1v) is 7.73. The molecule has 0 amide bonds. The van der Waals surface area contributed by atoms with Crippen LogP contribution in [0.4, 0.5) is 0 Å². The molecule has 1 aromatic rings. The standard InChI is InChI=1S/C12H25N5OS/c1-5-18-9-6-10-19-11-14-15-16-17(11)8-7-13-12(2,3)4/h13H,5-10H2,1-4H3. The SMILES string of the molecule is CCOCCCSc1nnnn1CCNC(C)(C)C. The summed E-state index contributed by atoms with van der Waals surface area (Å²) in [7, 11) is 0. The highest BCUT2D eigenvalue weighted by molar-refractivity contribution is 7.99. The maximum atomic E-state index is 5.30. The van der Waals surface area contributed by atoms with Gasteiger partial charge in [-0.25, -0.2) is 4.68 Å². The average Bonchev–Trinajstić information content (AvgIpc) is 2.75. The number of rotatable bonds is 9. The van der Waals surface area contributed by atoms with Gasteiger partial charge in [-0.15, -0.1) is 5.10 Å². The van der Waals surface area contributed by atoms with Crippen LogP contribution in [0, 0.1) is 0 Å². The minimum atomic E-state index is 0.124. The maximum Gasteiger partial charge on any atom is 0.209 e. The zero-order chi connectivity index (χ0) is 14.1. The molecule has 7 heteroatoms. The van der Waals surface area contributed by atoms with Crippen LogP contribution in [-0.2, 0) is 11.3 Å². The topological polar surface area (TPSA) is 64.9 Å². The largest absolute Gasteiger partial charge is 0.382 e. The lowest BCUT2D eigenvalue weighted by atomic mass is 10.1. The van der Waals surface area contributed by atoms with Crippen LogP contribution in [0.3, 0.4) is 0 Å². The number of nitrogens with zero attached hydrogens (tertiary/aromatic N) is 4. The normalized spacial score (nSPS) is 12.0. The van der Waals surface area contributed by atoms with E-state index in [4.69, 9.17) is 4.74 Å². The van der Waals surface area contributed by atoms with Crippen molar-refractivity contribution >= 4 is 11.8 Å². The Labute approximate surface area is 119 Å². The summed E-state index contributed by atoms with van der Waals surface area (Å²) in [5.74, 6) is 0.979. The summed E-state index contributed by atoms with van der Waals surface area (Å²) in [6.45, 7) is 11.7. The Kier molecular flexibility index (Phi) is 7.33. The Hall–Kier alpha value is -0.660. The summed E-state index contributed by atoms with van der Waals surface area (Å²) in [4.78, 5) is 0. The fraction of sp³-hybridized carbons (Fsp3) is 0.917. The van der Waals surface area contributed by atoms with Crippen LogP contribution in [0.1, 0.15) is 34.1 Å². The van der Waals surface area contributed by atoms with Crippen LogP contribution in [0.25, 0.3) is 0 Å². The van der Waals surface area contributed by atoms with E-state index in [2.05, 4.69) is 41.6 Å². The van der Waals surface area contributed by atoms with Crippen molar-refractivity contribution in [3.63, 3.8) is 0 Å². The van der Waals surface area contributed by atoms with Crippen molar-refractivity contribution in [3.8, 4) is 0 Å². The molecule has 0 unspecified atom stereocenters. The van der Waals surface area contributed by atoms with E-state index in [1.54, 1.807) is 11.8 Å². The highest BCUT2D eigenvalue weighted by Crippen LogP contribution is 2.14. The summed E-state index contributed by atoms with van der Waals surface area (Å²) in [5.41, 5.74) is 0.124. The summed E-state index contributed by atoms with van der Waals surface area (Å²) >= 11 is 1.68. The Morgan fingerprint density at radius 2 is 2.16 bits per heavy atom. The molecule has 1 N–H and O–H groups in total. The fourth-order valence-corrected chi connectivity index (χ4v) is 2.26. The molecule has 110 valence electrons. The summed E-state index contributed by atoms with van der Waals surface area (Å²) < 4.78 is 7.15. The molecule has 0 aromatic carbocycles. The van der Waals surface area contributed by atoms with Crippen molar-refractivity contribution < 1.29 is 4.74 Å². The molecule has 6 nitrogen and oxygen atoms in total. The fourth-order valence-electron chi connectivity index (χ4n) is 1.45. The van der Waals surface area contributed by atoms with E-state index in [9.17, 15) is 0 Å². The van der Waals surface area contributed by atoms with E-state index in [0.29, 0.717) is 0 Å². The van der Waals surface area contributed by atoms with E-state index in [1.165, 1.54) is 0 Å². The molecule has 1 rings (SSSR count). The van der Waals surface area contributed by atoms with Crippen LogP contribution in [0.5, 0.6) is 0 Å². The van der Waals surface area contributed by atoms with Gasteiger partial charge in [0, 0.05) is 31.1 Å². The number of nitrogens with one attached hydrogen (secondary N) is 1. The number of aromatic nitrogens is 4. The highest BCUT2D eigenvalue weighted by atomic mass is 32.2. The van der Waals surface area contributed by atoms with Crippen LogP contribution >= 0.6 is 11.8 Å². The lowest BCUT2D eigenvalue weighted by molar-refractivity contribution is 0.149. The molecule has 0 saturated carbocycles. The van der Waals surface area contributed by atoms with Crippen LogP contribution in [0.15, 0.2) is 5.16 Å². The molecule has 0 saturated heterocycles. The van der Waals surface area contributed by atoms with E-state index < -0.39 is 0 Å². The van der Waals surface area contributed by atoms with Crippen molar-refractivity contribution in [2.24, 2.45) is 0 Å². The molecule has 1 aromatic heterocycles. The van der Waals surface area contributed by atoms with Gasteiger partial charge < -0.3 is 10.1 Å². The van der Waals surface area contributed by atoms with Gasteiger partial charge in [-0.1, -0.05) is 11.8 Å². The zero-order valence-electron chi connectivity index (χ0n) is 12.3. The second kappa shape index (κ2) is 8.50. The number of ether oxygens (including phenoxy) is 1. The second-order valence-corrected chi connectivity index (χ2v) is 6.32. The van der Waals surface area contributed by atoms with Gasteiger partial charge in [0.1, 0.15) is 0 Å². The van der Waals surface area contributed by atoms with Gasteiger partial charge in [0.15, 0.2) is 0 Å². The lowest BCUT2D eigenvalue weighted by Crippen LogP contribution is -2.38. The Morgan fingerprint density at radius 3 is 2.84 bits per heavy atom. The predicted molar refractivity (Wildman–Crippen MR) is 77.4 cm³/mol. The Morgan fingerprint density at radius 1 is 1.37 bits per heavy atom. The molecule has 0 spiro atoms. The predicted octanol–water partition coefficient (Wildman–Crippen LogP) is 1.58. The summed E-state index contributed by atoms with van der Waals surface area (Å²) in [6, 6.07) is 0. The van der Waals surface area contributed by atoms with Gasteiger partial charge in [0.2, 0.25) is 5.16 Å². The first kappa shape index (κ1) is 16.4. The van der Waals surface area contributed by atoms with Gasteiger partial charge in [0.05, 0.1) is 6.54 Å². The number of thioether (sulfide) groups is 1. The smallest absolute Gasteiger partial charge is 0.209 e. The van der Waals surface area contributed by atoms with Crippen molar-refractivity contribution in [3.05, 3.63) is 0 Å². The third-order valence-electron chi connectivity index (χ3n) is 2.35. The highest BCUT2D eigenvalue weighted by Gasteiger charge is 2.10. The summed E-state index contributed by atoms with van der Waals surface area (Å²) in [6.07, 6.45) is 1.02. The molecule has 0 aliphatic carbocycles. The zero-order valence-corrected chi connectivity index (χ0v) is 13.2. The lowest BCUT2D eigenvalue weighted by Gasteiger charge is -2.20. The molecule has 0 fully saturated rings. The van der Waals surface area contributed by atoms with Crippen LogP contribution < -0.4 is 5.32 Å². The third-order valence-corrected chi connectivity index (χ3v) is 3.39. The molecule has 0 radical (unpaired) electrons. The number of hydrogen-bond donors (Lipinski definition) is 1. The molecule has 0 aliphatic heterocycles. The van der Waals surface area contributed by atoms with Crippen molar-refractivity contribution in [1.82, 2.24) is 25.5 Å². The minimum absolute atomic E-state index is 0.124. The number of hydrogen-bond acceptors (Lipinski definition) is 6. The molecular formula is C12H25N5OS. The van der Waals surface area contributed by atoms with Gasteiger partial charge in [0.25, 0.3) is 0 Å². The van der Waals surface area contributed by atoms with Gasteiger partial charge in [-0.05, 0) is 44.5 Å². The first-order valence-electron chi connectivity index (χ1n) is 6.74. The van der Waals surface area contributed by atoms with Gasteiger partial charge >= 0.3 is 0 Å². The van der Waals surface area contributed by atoms with Crippen molar-refractivity contribution in [2.45, 2.75) is 51.4 Å². The van der Waals surface area contributed by atoms with Gasteiger partial charge in [-0.3, -0.25) is 0 Å². The van der Waals surface area contributed by atoms with Gasteiger partial charge in [-0.2, -0.15) is 0 Å². The van der Waals surface area contributed by atoms with E-state index in [-0.39, 0.29) is 5.54 Å². The quantitative estimate of drug-likeness (QED) is 0.549. The van der Waals surface area contributed by atoms with Crippen LogP contribution in [0.2, 0.25) is 0 Å². The van der Waals surface area contributed by atoms with Crippen LogP contribution in [-0.4, -0.2) is 51.3 Å². The maximum absolute atomic E-state index is 5.30. The van der Waals surface area contributed by atoms with Crippen molar-refractivity contribution in [2.75, 3.05) is 25.5 Å². The Balaban J connectivity index is 2.26. The van der Waals surface area contributed by atoms with Crippen molar-refractivity contribution in [1.29, 1.82) is 0 Å². The molecule has 0 bridgehead atoms. The van der Waals surface area contributed by atoms with E-state index in [1.807, 2.05) is 11.6 Å². The molecule has 0 aliphatic rings. The minimum Gasteiger partial charge on any atom is -0.382 e. The molecule has 19 heavy (non-hydrogen) atoms. The molecule has 0 atom stereocenters. The average molecular weight is 287 g/mol. The second-order valence-electron chi connectivity index (χ2n) is 5.26. The Bertz CT molecular complexity index is 350. The first-order chi connectivity index (χ1) is 9.03. The monoisotopic (exact) mass is 287 g/mol.